The number of benzene rings is 2. The molecular weight excluding hydrogens is 266 g/mol. The Balaban J connectivity index is 2.34. The third-order valence-corrected chi connectivity index (χ3v) is 3.32. The summed E-state index contributed by atoms with van der Waals surface area (Å²) in [6, 6.07) is 12.9. The number of ether oxygens (including phenoxy) is 1. The number of nitrogens with two attached hydrogens (primary N) is 1. The van der Waals surface area contributed by atoms with Gasteiger partial charge in [-0.25, -0.2) is 0 Å². The van der Waals surface area contributed by atoms with Gasteiger partial charge in [0.05, 0.1) is 18.5 Å². The molecule has 0 aromatic heterocycles. The molecule has 0 aliphatic rings. The van der Waals surface area contributed by atoms with E-state index in [-0.39, 0.29) is 5.91 Å². The van der Waals surface area contributed by atoms with Gasteiger partial charge in [0.15, 0.2) is 0 Å². The summed E-state index contributed by atoms with van der Waals surface area (Å²) >= 11 is 0. The smallest absolute Gasteiger partial charge is 0.251 e. The van der Waals surface area contributed by atoms with Gasteiger partial charge < -0.3 is 20.7 Å². The lowest BCUT2D eigenvalue weighted by atomic mass is 10.1. The highest BCUT2D eigenvalue weighted by molar-refractivity contribution is 5.96. The zero-order valence-electron chi connectivity index (χ0n) is 12.4. The van der Waals surface area contributed by atoms with Crippen molar-refractivity contribution in [2.75, 3.05) is 31.8 Å². The van der Waals surface area contributed by atoms with E-state index in [0.717, 1.165) is 17.1 Å². The molecule has 0 fully saturated rings. The van der Waals surface area contributed by atoms with Crippen LogP contribution in [0.25, 0.3) is 0 Å². The van der Waals surface area contributed by atoms with Gasteiger partial charge in [0.25, 0.3) is 5.91 Å². The highest BCUT2D eigenvalue weighted by Crippen LogP contribution is 2.31. The highest BCUT2D eigenvalue weighted by Gasteiger charge is 2.11. The fourth-order valence-corrected chi connectivity index (χ4v) is 2.10. The highest BCUT2D eigenvalue weighted by atomic mass is 16.5. The van der Waals surface area contributed by atoms with Crippen LogP contribution >= 0.6 is 0 Å². The van der Waals surface area contributed by atoms with Gasteiger partial charge in [0.1, 0.15) is 5.75 Å². The molecule has 0 unspecified atom stereocenters. The SMILES string of the molecule is CNC(=O)c1ccc(N(C)c2cccc(OC)c2)c(N)c1. The van der Waals surface area contributed by atoms with Crippen LogP contribution in [0, 0.1) is 0 Å². The Morgan fingerprint density at radius 3 is 2.62 bits per heavy atom. The minimum Gasteiger partial charge on any atom is -0.497 e. The van der Waals surface area contributed by atoms with E-state index in [0.29, 0.717) is 11.3 Å². The van der Waals surface area contributed by atoms with Crippen molar-refractivity contribution >= 4 is 23.0 Å². The molecule has 0 aliphatic heterocycles. The first kappa shape index (κ1) is 14.7. The Morgan fingerprint density at radius 2 is 2.00 bits per heavy atom. The second-order valence-corrected chi connectivity index (χ2v) is 4.61. The van der Waals surface area contributed by atoms with Crippen molar-refractivity contribution in [1.82, 2.24) is 5.32 Å². The molecule has 5 heteroatoms. The molecule has 0 saturated carbocycles. The number of hydrogen-bond donors (Lipinski definition) is 2. The number of amides is 1. The quantitative estimate of drug-likeness (QED) is 0.847. The number of rotatable bonds is 4. The maximum atomic E-state index is 11.6. The molecule has 0 saturated heterocycles. The minimum atomic E-state index is -0.155. The molecule has 3 N–H and O–H groups in total. The normalized spacial score (nSPS) is 10.0. The summed E-state index contributed by atoms with van der Waals surface area (Å²) in [5, 5.41) is 2.58. The lowest BCUT2D eigenvalue weighted by molar-refractivity contribution is 0.0963. The number of anilines is 3. The molecule has 0 spiro atoms. The standard InChI is InChI=1S/C16H19N3O2/c1-18-16(20)11-7-8-15(14(17)9-11)19(2)12-5-4-6-13(10-12)21-3/h4-10H,17H2,1-3H3,(H,18,20). The van der Waals surface area contributed by atoms with Crippen molar-refractivity contribution < 1.29 is 9.53 Å². The summed E-state index contributed by atoms with van der Waals surface area (Å²) in [5.74, 6) is 0.622. The molecular formula is C16H19N3O2. The van der Waals surface area contributed by atoms with E-state index in [1.165, 1.54) is 0 Å². The molecule has 2 aromatic rings. The van der Waals surface area contributed by atoms with Gasteiger partial charge in [0, 0.05) is 31.4 Å². The summed E-state index contributed by atoms with van der Waals surface area (Å²) in [5.41, 5.74) is 8.93. The second kappa shape index (κ2) is 6.17. The number of nitrogens with one attached hydrogen (secondary N) is 1. The van der Waals surface area contributed by atoms with Crippen LogP contribution in [0.3, 0.4) is 0 Å². The molecule has 5 nitrogen and oxygen atoms in total. The zero-order chi connectivity index (χ0) is 15.4. The molecule has 0 aliphatic carbocycles. The maximum absolute atomic E-state index is 11.6. The van der Waals surface area contributed by atoms with Gasteiger partial charge >= 0.3 is 0 Å². The van der Waals surface area contributed by atoms with Gasteiger partial charge in [-0.05, 0) is 30.3 Å². The van der Waals surface area contributed by atoms with Crippen molar-refractivity contribution in [3.63, 3.8) is 0 Å². The topological polar surface area (TPSA) is 67.6 Å². The molecule has 21 heavy (non-hydrogen) atoms. The van der Waals surface area contributed by atoms with Gasteiger partial charge in [0.2, 0.25) is 0 Å². The lowest BCUT2D eigenvalue weighted by Gasteiger charge is -2.22. The van der Waals surface area contributed by atoms with Crippen LogP contribution in [0.4, 0.5) is 17.1 Å². The van der Waals surface area contributed by atoms with E-state index >= 15 is 0 Å². The van der Waals surface area contributed by atoms with Gasteiger partial charge in [-0.15, -0.1) is 0 Å². The fraction of sp³-hybridized carbons (Fsp3) is 0.188. The van der Waals surface area contributed by atoms with E-state index < -0.39 is 0 Å². The first-order chi connectivity index (χ1) is 10.1. The van der Waals surface area contributed by atoms with Crippen LogP contribution in [0.2, 0.25) is 0 Å². The Bertz CT molecular complexity index is 656. The van der Waals surface area contributed by atoms with Crippen molar-refractivity contribution in [3.8, 4) is 5.75 Å². The Kier molecular flexibility index (Phi) is 4.33. The largest absolute Gasteiger partial charge is 0.497 e. The Morgan fingerprint density at radius 1 is 1.24 bits per heavy atom. The van der Waals surface area contributed by atoms with Crippen LogP contribution in [0.1, 0.15) is 10.4 Å². The Hall–Kier alpha value is -2.69. The minimum absolute atomic E-state index is 0.155. The van der Waals surface area contributed by atoms with E-state index in [2.05, 4.69) is 5.32 Å². The maximum Gasteiger partial charge on any atom is 0.251 e. The predicted octanol–water partition coefficient (Wildman–Crippen LogP) is 2.40. The van der Waals surface area contributed by atoms with Crippen molar-refractivity contribution in [2.45, 2.75) is 0 Å². The first-order valence-corrected chi connectivity index (χ1v) is 6.56. The van der Waals surface area contributed by atoms with Gasteiger partial charge in [-0.3, -0.25) is 4.79 Å². The summed E-state index contributed by atoms with van der Waals surface area (Å²) in [7, 11) is 5.14. The number of nitrogens with zero attached hydrogens (tertiary/aromatic N) is 1. The molecule has 0 radical (unpaired) electrons. The second-order valence-electron chi connectivity index (χ2n) is 4.61. The van der Waals surface area contributed by atoms with Crippen LogP contribution < -0.4 is 20.7 Å². The van der Waals surface area contributed by atoms with Crippen LogP contribution in [-0.4, -0.2) is 27.1 Å². The number of hydrogen-bond acceptors (Lipinski definition) is 4. The molecule has 0 atom stereocenters. The molecule has 2 rings (SSSR count). The van der Waals surface area contributed by atoms with Crippen LogP contribution in [0.5, 0.6) is 5.75 Å². The third-order valence-electron chi connectivity index (χ3n) is 3.32. The molecule has 1 amide bonds. The van der Waals surface area contributed by atoms with Crippen molar-refractivity contribution in [2.24, 2.45) is 0 Å². The number of methoxy groups -OCH3 is 1. The van der Waals surface area contributed by atoms with E-state index in [1.54, 1.807) is 26.3 Å². The number of carbonyl (C=O) groups excluding carboxylic acids is 1. The summed E-state index contributed by atoms with van der Waals surface area (Å²) in [6.45, 7) is 0. The Labute approximate surface area is 124 Å². The lowest BCUT2D eigenvalue weighted by Crippen LogP contribution is -2.18. The molecule has 0 bridgehead atoms. The van der Waals surface area contributed by atoms with Crippen molar-refractivity contribution in [3.05, 3.63) is 48.0 Å². The molecule has 2 aromatic carbocycles. The third kappa shape index (κ3) is 3.08. The monoisotopic (exact) mass is 285 g/mol. The average molecular weight is 285 g/mol. The van der Waals surface area contributed by atoms with Crippen LogP contribution in [0.15, 0.2) is 42.5 Å². The van der Waals surface area contributed by atoms with Crippen LogP contribution in [-0.2, 0) is 0 Å². The van der Waals surface area contributed by atoms with E-state index in [4.69, 9.17) is 10.5 Å². The van der Waals surface area contributed by atoms with Gasteiger partial charge in [-0.2, -0.15) is 0 Å². The fourth-order valence-electron chi connectivity index (χ4n) is 2.10. The zero-order valence-corrected chi connectivity index (χ0v) is 12.4. The van der Waals surface area contributed by atoms with Gasteiger partial charge in [-0.1, -0.05) is 6.07 Å². The van der Waals surface area contributed by atoms with E-state index in [1.807, 2.05) is 42.3 Å². The summed E-state index contributed by atoms with van der Waals surface area (Å²) < 4.78 is 5.23. The van der Waals surface area contributed by atoms with E-state index in [9.17, 15) is 4.79 Å². The predicted molar refractivity (Wildman–Crippen MR) is 85.3 cm³/mol. The summed E-state index contributed by atoms with van der Waals surface area (Å²) in [4.78, 5) is 13.6. The van der Waals surface area contributed by atoms with Crippen molar-refractivity contribution in [1.29, 1.82) is 0 Å². The molecule has 110 valence electrons. The first-order valence-electron chi connectivity index (χ1n) is 6.56. The molecule has 0 heterocycles. The average Bonchev–Trinajstić information content (AvgIpc) is 2.53. The summed E-state index contributed by atoms with van der Waals surface area (Å²) in [6.07, 6.45) is 0. The number of nitrogen functional groups attached to an aromatic ring is 1. The number of carbonyl (C=O) groups is 1.